The van der Waals surface area contributed by atoms with E-state index in [-0.39, 0.29) is 15.8 Å². The van der Waals surface area contributed by atoms with Crippen LogP contribution in [0.1, 0.15) is 5.56 Å². The first-order valence-electron chi connectivity index (χ1n) is 3.73. The molecule has 82 valence electrons. The molecule has 0 saturated carbocycles. The van der Waals surface area contributed by atoms with Crippen molar-refractivity contribution in [3.63, 3.8) is 0 Å². The van der Waals surface area contributed by atoms with E-state index in [4.69, 9.17) is 17.3 Å². The minimum atomic E-state index is -4.45. The highest BCUT2D eigenvalue weighted by Gasteiger charge is 2.31. The van der Waals surface area contributed by atoms with Gasteiger partial charge in [0.05, 0.1) is 5.56 Å². The van der Waals surface area contributed by atoms with Gasteiger partial charge >= 0.3 is 6.18 Å². The third-order valence-electron chi connectivity index (χ3n) is 1.49. The van der Waals surface area contributed by atoms with Crippen molar-refractivity contribution in [2.24, 2.45) is 5.73 Å². The zero-order chi connectivity index (χ0) is 11.6. The fraction of sp³-hybridized carbons (Fsp3) is 0.125. The quantitative estimate of drug-likeness (QED) is 0.757. The van der Waals surface area contributed by atoms with Gasteiger partial charge in [0.15, 0.2) is 5.11 Å². The molecule has 7 heteroatoms. The summed E-state index contributed by atoms with van der Waals surface area (Å²) in [5.41, 5.74) is 4.39. The van der Waals surface area contributed by atoms with Crippen LogP contribution >= 0.6 is 23.8 Å². The minimum Gasteiger partial charge on any atom is -0.376 e. The number of nitrogens with two attached hydrogens (primary N) is 1. The van der Waals surface area contributed by atoms with Gasteiger partial charge in [-0.25, -0.2) is 0 Å². The SMILES string of the molecule is NC(=S)Nc1cc(Cl)cc(C(F)(F)F)c1. The number of thiocarbonyl (C=S) groups is 1. The highest BCUT2D eigenvalue weighted by atomic mass is 35.5. The molecule has 0 heterocycles. The molecular weight excluding hydrogens is 249 g/mol. The summed E-state index contributed by atoms with van der Waals surface area (Å²) >= 11 is 10.0. The molecule has 0 spiro atoms. The Labute approximate surface area is 94.2 Å². The van der Waals surface area contributed by atoms with Crippen LogP contribution in [-0.4, -0.2) is 5.11 Å². The summed E-state index contributed by atoms with van der Waals surface area (Å²) in [6.45, 7) is 0. The highest BCUT2D eigenvalue weighted by molar-refractivity contribution is 7.80. The Hall–Kier alpha value is -1.01. The molecule has 0 fully saturated rings. The number of benzene rings is 1. The zero-order valence-electron chi connectivity index (χ0n) is 7.23. The predicted octanol–water partition coefficient (Wildman–Crippen LogP) is 3.01. The average molecular weight is 255 g/mol. The number of nitrogens with one attached hydrogen (secondary N) is 1. The number of anilines is 1. The molecule has 0 amide bonds. The topological polar surface area (TPSA) is 38.0 Å². The number of rotatable bonds is 1. The van der Waals surface area contributed by atoms with Crippen molar-refractivity contribution >= 4 is 34.6 Å². The van der Waals surface area contributed by atoms with Crippen LogP contribution in [0, 0.1) is 0 Å². The van der Waals surface area contributed by atoms with E-state index < -0.39 is 11.7 Å². The van der Waals surface area contributed by atoms with Gasteiger partial charge in [0.2, 0.25) is 0 Å². The van der Waals surface area contributed by atoms with Gasteiger partial charge in [-0.1, -0.05) is 11.6 Å². The maximum Gasteiger partial charge on any atom is 0.416 e. The second kappa shape index (κ2) is 4.24. The van der Waals surface area contributed by atoms with Crippen LogP contribution in [0.3, 0.4) is 0 Å². The molecule has 3 N–H and O–H groups in total. The summed E-state index contributed by atoms with van der Waals surface area (Å²) < 4.78 is 37.0. The van der Waals surface area contributed by atoms with Crippen molar-refractivity contribution in [1.82, 2.24) is 0 Å². The zero-order valence-corrected chi connectivity index (χ0v) is 8.80. The van der Waals surface area contributed by atoms with E-state index in [0.717, 1.165) is 12.1 Å². The fourth-order valence-corrected chi connectivity index (χ4v) is 1.32. The van der Waals surface area contributed by atoms with E-state index in [1.54, 1.807) is 0 Å². The van der Waals surface area contributed by atoms with Crippen LogP contribution in [0.2, 0.25) is 5.02 Å². The lowest BCUT2D eigenvalue weighted by molar-refractivity contribution is -0.137. The monoisotopic (exact) mass is 254 g/mol. The third-order valence-corrected chi connectivity index (χ3v) is 1.81. The molecule has 1 aromatic carbocycles. The van der Waals surface area contributed by atoms with Gasteiger partial charge in [0, 0.05) is 10.7 Å². The van der Waals surface area contributed by atoms with Gasteiger partial charge < -0.3 is 11.1 Å². The fourth-order valence-electron chi connectivity index (χ4n) is 0.968. The maximum atomic E-state index is 12.3. The predicted molar refractivity (Wildman–Crippen MR) is 56.9 cm³/mol. The van der Waals surface area contributed by atoms with Crippen LogP contribution in [0.5, 0.6) is 0 Å². The van der Waals surface area contributed by atoms with Gasteiger partial charge in [-0.3, -0.25) is 0 Å². The smallest absolute Gasteiger partial charge is 0.376 e. The van der Waals surface area contributed by atoms with Gasteiger partial charge in [0.25, 0.3) is 0 Å². The molecule has 15 heavy (non-hydrogen) atoms. The summed E-state index contributed by atoms with van der Waals surface area (Å²) in [4.78, 5) is 0. The van der Waals surface area contributed by atoms with Crippen molar-refractivity contribution in [2.45, 2.75) is 6.18 Å². The maximum absolute atomic E-state index is 12.3. The summed E-state index contributed by atoms with van der Waals surface area (Å²) in [7, 11) is 0. The molecule has 0 radical (unpaired) electrons. The van der Waals surface area contributed by atoms with Crippen molar-refractivity contribution in [2.75, 3.05) is 5.32 Å². The van der Waals surface area contributed by atoms with Gasteiger partial charge in [0.1, 0.15) is 0 Å². The number of alkyl halides is 3. The lowest BCUT2D eigenvalue weighted by Crippen LogP contribution is -2.19. The Bertz CT molecular complexity index is 392. The van der Waals surface area contributed by atoms with E-state index in [1.807, 2.05) is 0 Å². The van der Waals surface area contributed by atoms with E-state index in [9.17, 15) is 13.2 Å². The Kier molecular flexibility index (Phi) is 3.41. The highest BCUT2D eigenvalue weighted by Crippen LogP contribution is 2.33. The number of halogens is 4. The van der Waals surface area contributed by atoms with E-state index in [1.165, 1.54) is 6.07 Å². The molecule has 1 aromatic rings. The van der Waals surface area contributed by atoms with E-state index >= 15 is 0 Å². The minimum absolute atomic E-state index is 0.0384. The molecular formula is C8H6ClF3N2S. The standard InChI is InChI=1S/C8H6ClF3N2S/c9-5-1-4(8(10,11)12)2-6(3-5)14-7(13)15/h1-3H,(H3,13,14,15). The van der Waals surface area contributed by atoms with E-state index in [2.05, 4.69) is 17.5 Å². The molecule has 0 aliphatic heterocycles. The van der Waals surface area contributed by atoms with Crippen molar-refractivity contribution < 1.29 is 13.2 Å². The van der Waals surface area contributed by atoms with Crippen molar-refractivity contribution in [1.29, 1.82) is 0 Å². The molecule has 0 aliphatic rings. The molecule has 0 atom stereocenters. The molecule has 0 saturated heterocycles. The lowest BCUT2D eigenvalue weighted by Gasteiger charge is -2.10. The molecule has 2 nitrogen and oxygen atoms in total. The van der Waals surface area contributed by atoms with E-state index in [0.29, 0.717) is 0 Å². The van der Waals surface area contributed by atoms with Crippen LogP contribution < -0.4 is 11.1 Å². The third kappa shape index (κ3) is 3.56. The Morgan fingerprint density at radius 1 is 1.33 bits per heavy atom. The molecule has 1 rings (SSSR count). The summed E-state index contributed by atoms with van der Waals surface area (Å²) in [6, 6.07) is 3.01. The van der Waals surface area contributed by atoms with Crippen LogP contribution in [0.25, 0.3) is 0 Å². The first-order valence-corrected chi connectivity index (χ1v) is 4.52. The van der Waals surface area contributed by atoms with Crippen LogP contribution in [0.4, 0.5) is 18.9 Å². The van der Waals surface area contributed by atoms with Gasteiger partial charge in [-0.15, -0.1) is 0 Å². The molecule has 0 aliphatic carbocycles. The largest absolute Gasteiger partial charge is 0.416 e. The first-order chi connectivity index (χ1) is 6.79. The number of hydrogen-bond donors (Lipinski definition) is 2. The Morgan fingerprint density at radius 2 is 1.93 bits per heavy atom. The lowest BCUT2D eigenvalue weighted by atomic mass is 10.2. The Balaban J connectivity index is 3.11. The summed E-state index contributed by atoms with van der Waals surface area (Å²) in [6.07, 6.45) is -4.45. The van der Waals surface area contributed by atoms with Crippen molar-refractivity contribution in [3.05, 3.63) is 28.8 Å². The molecule has 0 bridgehead atoms. The Morgan fingerprint density at radius 3 is 2.40 bits per heavy atom. The average Bonchev–Trinajstić information content (AvgIpc) is 1.99. The van der Waals surface area contributed by atoms with Crippen LogP contribution in [0.15, 0.2) is 18.2 Å². The second-order valence-electron chi connectivity index (χ2n) is 2.72. The molecule has 0 aromatic heterocycles. The molecule has 0 unspecified atom stereocenters. The number of hydrogen-bond acceptors (Lipinski definition) is 1. The summed E-state index contributed by atoms with van der Waals surface area (Å²) in [5, 5.41) is 2.22. The second-order valence-corrected chi connectivity index (χ2v) is 3.59. The van der Waals surface area contributed by atoms with Gasteiger partial charge in [-0.2, -0.15) is 13.2 Å². The van der Waals surface area contributed by atoms with Crippen LogP contribution in [-0.2, 0) is 6.18 Å². The summed E-state index contributed by atoms with van der Waals surface area (Å²) in [5.74, 6) is 0. The first kappa shape index (κ1) is 12.1. The normalized spacial score (nSPS) is 11.2. The van der Waals surface area contributed by atoms with Crippen molar-refractivity contribution in [3.8, 4) is 0 Å². The van der Waals surface area contributed by atoms with Gasteiger partial charge in [-0.05, 0) is 30.4 Å².